The Morgan fingerprint density at radius 3 is 2.67 bits per heavy atom. The van der Waals surface area contributed by atoms with Crippen LogP contribution in [0.15, 0.2) is 28.7 Å². The third-order valence-electron chi connectivity index (χ3n) is 2.26. The lowest BCUT2D eigenvalue weighted by Crippen LogP contribution is -2.41. The number of rotatable bonds is 5. The fraction of sp³-hybridized carbons (Fsp3) is 0.500. The predicted molar refractivity (Wildman–Crippen MR) is 78.4 cm³/mol. The van der Waals surface area contributed by atoms with Gasteiger partial charge in [0, 0.05) is 29.5 Å². The molecule has 0 bridgehead atoms. The highest BCUT2D eigenvalue weighted by molar-refractivity contribution is 9.10. The van der Waals surface area contributed by atoms with Gasteiger partial charge in [0.1, 0.15) is 0 Å². The molecule has 4 heteroatoms. The minimum absolute atomic E-state index is 0.0873. The molecule has 1 amide bonds. The number of hydrogen-bond donors (Lipinski definition) is 2. The number of amides is 1. The second-order valence-electron chi connectivity index (χ2n) is 5.35. The van der Waals surface area contributed by atoms with E-state index in [-0.39, 0.29) is 11.4 Å². The lowest BCUT2D eigenvalue weighted by Gasteiger charge is -2.20. The molecule has 0 atom stereocenters. The van der Waals surface area contributed by atoms with Gasteiger partial charge in [0.05, 0.1) is 0 Å². The number of halogens is 1. The molecule has 0 saturated carbocycles. The van der Waals surface area contributed by atoms with Crippen molar-refractivity contribution in [1.82, 2.24) is 10.6 Å². The maximum atomic E-state index is 11.6. The van der Waals surface area contributed by atoms with Crippen LogP contribution < -0.4 is 10.6 Å². The lowest BCUT2D eigenvalue weighted by molar-refractivity contribution is -0.122. The van der Waals surface area contributed by atoms with Gasteiger partial charge in [0.25, 0.3) is 0 Å². The summed E-state index contributed by atoms with van der Waals surface area (Å²) < 4.78 is 1.08. The van der Waals surface area contributed by atoms with Gasteiger partial charge in [-0.3, -0.25) is 4.79 Å². The van der Waals surface area contributed by atoms with Crippen LogP contribution in [0.3, 0.4) is 0 Å². The Bertz CT molecular complexity index is 399. The van der Waals surface area contributed by atoms with Crippen LogP contribution in [0.5, 0.6) is 0 Å². The normalized spacial score (nSPS) is 11.3. The van der Waals surface area contributed by atoms with Crippen molar-refractivity contribution in [3.63, 3.8) is 0 Å². The van der Waals surface area contributed by atoms with Crippen LogP contribution in [0.1, 0.15) is 32.8 Å². The van der Waals surface area contributed by atoms with Crippen molar-refractivity contribution in [2.45, 2.75) is 39.3 Å². The van der Waals surface area contributed by atoms with E-state index in [4.69, 9.17) is 0 Å². The minimum atomic E-state index is -0.151. The third kappa shape index (κ3) is 6.77. The molecule has 1 aromatic carbocycles. The average molecular weight is 313 g/mol. The molecule has 1 rings (SSSR count). The maximum Gasteiger partial charge on any atom is 0.221 e. The van der Waals surface area contributed by atoms with Crippen molar-refractivity contribution >= 4 is 21.8 Å². The topological polar surface area (TPSA) is 41.1 Å². The highest BCUT2D eigenvalue weighted by atomic mass is 79.9. The molecule has 0 spiro atoms. The largest absolute Gasteiger partial charge is 0.351 e. The van der Waals surface area contributed by atoms with Gasteiger partial charge in [0.15, 0.2) is 0 Å². The quantitative estimate of drug-likeness (QED) is 0.821. The summed E-state index contributed by atoms with van der Waals surface area (Å²) in [5, 5.41) is 6.20. The summed E-state index contributed by atoms with van der Waals surface area (Å²) >= 11 is 3.44. The molecule has 2 N–H and O–H groups in total. The number of carbonyl (C=O) groups is 1. The van der Waals surface area contributed by atoms with Crippen molar-refractivity contribution in [3.8, 4) is 0 Å². The van der Waals surface area contributed by atoms with E-state index >= 15 is 0 Å². The smallest absolute Gasteiger partial charge is 0.221 e. The lowest BCUT2D eigenvalue weighted by atomic mass is 10.1. The van der Waals surface area contributed by atoms with Crippen LogP contribution >= 0.6 is 15.9 Å². The predicted octanol–water partition coefficient (Wildman–Crippen LogP) is 2.84. The summed E-state index contributed by atoms with van der Waals surface area (Å²) in [6, 6.07) is 8.14. The first kappa shape index (κ1) is 15.2. The molecular formula is C14H21BrN2O. The standard InChI is InChI=1S/C14H21BrN2O/c1-14(2,3)17-13(18)7-8-16-10-11-5-4-6-12(15)9-11/h4-6,9,16H,7-8,10H2,1-3H3,(H,17,18). The number of carbonyl (C=O) groups excluding carboxylic acids is 1. The average Bonchev–Trinajstić information content (AvgIpc) is 2.22. The Morgan fingerprint density at radius 2 is 2.06 bits per heavy atom. The van der Waals surface area contributed by atoms with Gasteiger partial charge in [-0.05, 0) is 38.5 Å². The van der Waals surface area contributed by atoms with Gasteiger partial charge in [0.2, 0.25) is 5.91 Å². The van der Waals surface area contributed by atoms with Crippen molar-refractivity contribution in [2.24, 2.45) is 0 Å². The third-order valence-corrected chi connectivity index (χ3v) is 2.75. The Morgan fingerprint density at radius 1 is 1.33 bits per heavy atom. The van der Waals surface area contributed by atoms with Crippen LogP contribution in [-0.2, 0) is 11.3 Å². The molecule has 0 heterocycles. The molecule has 100 valence electrons. The van der Waals surface area contributed by atoms with Crippen molar-refractivity contribution < 1.29 is 4.79 Å². The summed E-state index contributed by atoms with van der Waals surface area (Å²) in [6.45, 7) is 7.43. The van der Waals surface area contributed by atoms with E-state index < -0.39 is 0 Å². The molecule has 0 aliphatic rings. The van der Waals surface area contributed by atoms with Crippen LogP contribution in [0.25, 0.3) is 0 Å². The Hall–Kier alpha value is -0.870. The second kappa shape index (κ2) is 6.90. The summed E-state index contributed by atoms with van der Waals surface area (Å²) in [7, 11) is 0. The van der Waals surface area contributed by atoms with E-state index in [1.54, 1.807) is 0 Å². The Labute approximate surface area is 117 Å². The summed E-state index contributed by atoms with van der Waals surface area (Å²) in [6.07, 6.45) is 0.505. The van der Waals surface area contributed by atoms with Gasteiger partial charge >= 0.3 is 0 Å². The molecule has 1 aromatic rings. The summed E-state index contributed by atoms with van der Waals surface area (Å²) in [5.74, 6) is 0.0873. The number of benzene rings is 1. The zero-order valence-electron chi connectivity index (χ0n) is 11.2. The molecule has 18 heavy (non-hydrogen) atoms. The van der Waals surface area contributed by atoms with E-state index in [1.165, 1.54) is 5.56 Å². The number of nitrogens with one attached hydrogen (secondary N) is 2. The molecule has 0 fully saturated rings. The highest BCUT2D eigenvalue weighted by Crippen LogP contribution is 2.11. The van der Waals surface area contributed by atoms with Crippen LogP contribution in [0.4, 0.5) is 0 Å². The molecule has 0 saturated heterocycles. The van der Waals surface area contributed by atoms with Crippen molar-refractivity contribution in [3.05, 3.63) is 34.3 Å². The molecule has 3 nitrogen and oxygen atoms in total. The van der Waals surface area contributed by atoms with Gasteiger partial charge in [-0.1, -0.05) is 28.1 Å². The molecule has 0 unspecified atom stereocenters. The number of hydrogen-bond acceptors (Lipinski definition) is 2. The van der Waals surface area contributed by atoms with E-state index in [0.29, 0.717) is 13.0 Å². The van der Waals surface area contributed by atoms with Crippen molar-refractivity contribution in [1.29, 1.82) is 0 Å². The van der Waals surface area contributed by atoms with E-state index in [0.717, 1.165) is 11.0 Å². The first-order valence-electron chi connectivity index (χ1n) is 6.13. The van der Waals surface area contributed by atoms with E-state index in [9.17, 15) is 4.79 Å². The van der Waals surface area contributed by atoms with E-state index in [1.807, 2.05) is 32.9 Å². The van der Waals surface area contributed by atoms with Crippen LogP contribution in [0, 0.1) is 0 Å². The summed E-state index contributed by atoms with van der Waals surface area (Å²) in [4.78, 5) is 11.6. The first-order chi connectivity index (χ1) is 8.37. The summed E-state index contributed by atoms with van der Waals surface area (Å²) in [5.41, 5.74) is 1.06. The monoisotopic (exact) mass is 312 g/mol. The van der Waals surface area contributed by atoms with Gasteiger partial charge < -0.3 is 10.6 Å². The fourth-order valence-corrected chi connectivity index (χ4v) is 2.01. The SMILES string of the molecule is CC(C)(C)NC(=O)CCNCc1cccc(Br)c1. The molecular weight excluding hydrogens is 292 g/mol. The highest BCUT2D eigenvalue weighted by Gasteiger charge is 2.12. The minimum Gasteiger partial charge on any atom is -0.351 e. The first-order valence-corrected chi connectivity index (χ1v) is 6.92. The van der Waals surface area contributed by atoms with Gasteiger partial charge in [-0.2, -0.15) is 0 Å². The zero-order valence-corrected chi connectivity index (χ0v) is 12.8. The Balaban J connectivity index is 2.21. The fourth-order valence-electron chi connectivity index (χ4n) is 1.56. The van der Waals surface area contributed by atoms with Crippen molar-refractivity contribution in [2.75, 3.05) is 6.54 Å². The van der Waals surface area contributed by atoms with Crippen LogP contribution in [0.2, 0.25) is 0 Å². The molecule has 0 aliphatic heterocycles. The molecule has 0 radical (unpaired) electrons. The van der Waals surface area contributed by atoms with Gasteiger partial charge in [-0.15, -0.1) is 0 Å². The van der Waals surface area contributed by atoms with E-state index in [2.05, 4.69) is 38.7 Å². The molecule has 0 aliphatic carbocycles. The van der Waals surface area contributed by atoms with Gasteiger partial charge in [-0.25, -0.2) is 0 Å². The second-order valence-corrected chi connectivity index (χ2v) is 6.27. The maximum absolute atomic E-state index is 11.6. The van der Waals surface area contributed by atoms with Crippen LogP contribution in [-0.4, -0.2) is 18.0 Å². The zero-order chi connectivity index (χ0) is 13.6. The molecule has 0 aromatic heterocycles. The Kier molecular flexibility index (Phi) is 5.82.